The van der Waals surface area contributed by atoms with Crippen molar-refractivity contribution in [3.8, 4) is 6.01 Å². The smallest absolute Gasteiger partial charge is 0.354 e. The molecular weight excluding hydrogens is 424 g/mol. The van der Waals surface area contributed by atoms with Gasteiger partial charge >= 0.3 is 6.01 Å². The van der Waals surface area contributed by atoms with Gasteiger partial charge in [0.1, 0.15) is 11.7 Å². The van der Waals surface area contributed by atoms with Gasteiger partial charge in [0.05, 0.1) is 18.1 Å². The molecule has 5 rings (SSSR count). The lowest BCUT2D eigenvalue weighted by atomic mass is 9.58. The average Bonchev–Trinajstić information content (AvgIpc) is 3.07. The molecule has 1 heterocycles. The van der Waals surface area contributed by atoms with Gasteiger partial charge in [-0.1, -0.05) is 46.8 Å². The van der Waals surface area contributed by atoms with Crippen molar-refractivity contribution in [2.45, 2.75) is 77.8 Å². The highest BCUT2D eigenvalue weighted by Crippen LogP contribution is 2.72. The fourth-order valence-corrected chi connectivity index (χ4v) is 7.51. The molecule has 9 unspecified atom stereocenters. The Morgan fingerprint density at radius 1 is 1.27 bits per heavy atom. The summed E-state index contributed by atoms with van der Waals surface area (Å²) in [6.45, 7) is 11.7. The molecule has 0 amide bonds. The maximum absolute atomic E-state index is 12.4. The van der Waals surface area contributed by atoms with E-state index in [9.17, 15) is 20.4 Å². The van der Waals surface area contributed by atoms with Crippen molar-refractivity contribution in [1.29, 1.82) is 0 Å². The van der Waals surface area contributed by atoms with Gasteiger partial charge in [0, 0.05) is 11.8 Å². The molecule has 182 valence electrons. The molecule has 4 aliphatic carbocycles. The normalized spacial score (nSPS) is 45.5. The molecule has 2 fully saturated rings. The van der Waals surface area contributed by atoms with E-state index in [4.69, 9.17) is 9.26 Å². The zero-order valence-electron chi connectivity index (χ0n) is 20.2. The molecular formula is C25H36N2O6. The van der Waals surface area contributed by atoms with Crippen LogP contribution in [0.25, 0.3) is 0 Å². The van der Waals surface area contributed by atoms with E-state index in [0.29, 0.717) is 23.0 Å². The molecule has 1 spiro atoms. The van der Waals surface area contributed by atoms with E-state index in [0.717, 1.165) is 6.42 Å². The number of hydrogen-bond donors (Lipinski definition) is 4. The van der Waals surface area contributed by atoms with Gasteiger partial charge in [-0.15, -0.1) is 0 Å². The molecule has 0 aromatic carbocycles. The second-order valence-electron chi connectivity index (χ2n) is 11.6. The third-order valence-corrected chi connectivity index (χ3v) is 9.30. The fourth-order valence-electron chi connectivity index (χ4n) is 7.51. The van der Waals surface area contributed by atoms with Crippen molar-refractivity contribution in [1.82, 2.24) is 10.1 Å². The third kappa shape index (κ3) is 2.78. The van der Waals surface area contributed by atoms with Gasteiger partial charge in [0.25, 0.3) is 0 Å². The minimum atomic E-state index is -1.92. The molecule has 33 heavy (non-hydrogen) atoms. The Morgan fingerprint density at radius 2 is 1.97 bits per heavy atom. The quantitative estimate of drug-likeness (QED) is 0.504. The van der Waals surface area contributed by atoms with Crippen LogP contribution in [0.15, 0.2) is 27.8 Å². The zero-order valence-corrected chi connectivity index (χ0v) is 20.2. The molecule has 1 aromatic rings. The summed E-state index contributed by atoms with van der Waals surface area (Å²) in [6, 6.07) is -0.0239. The standard InChI is InChI=1S/C25H36N2O6/c1-11(2)21-26-22(27-33-21)32-20-12(3)9-24-13(4)7-16-17(23(16,5)6)15(19(24)30)8-14(10-28)18(29)25(20,24)31/h8-9,11,13,15-20,28-31H,7,10H2,1-6H3. The average molecular weight is 461 g/mol. The summed E-state index contributed by atoms with van der Waals surface area (Å²) in [6.07, 6.45) is 1.13. The van der Waals surface area contributed by atoms with Gasteiger partial charge in [-0.25, -0.2) is 0 Å². The minimum Gasteiger partial charge on any atom is -0.450 e. The van der Waals surface area contributed by atoms with Crippen molar-refractivity contribution in [3.63, 3.8) is 0 Å². The second kappa shape index (κ2) is 7.13. The predicted octanol–water partition coefficient (Wildman–Crippen LogP) is 2.20. The number of aromatic nitrogens is 2. The summed E-state index contributed by atoms with van der Waals surface area (Å²) in [5, 5.41) is 50.0. The monoisotopic (exact) mass is 460 g/mol. The van der Waals surface area contributed by atoms with Crippen LogP contribution in [0.4, 0.5) is 0 Å². The SMILES string of the molecule is CC1=CC23C(C)CC4C(C(C=C(CO)C(O)C2(O)C1Oc1noc(C(C)C)n1)C3O)C4(C)C. The first-order valence-electron chi connectivity index (χ1n) is 12.0. The van der Waals surface area contributed by atoms with Crippen LogP contribution in [0.5, 0.6) is 6.01 Å². The van der Waals surface area contributed by atoms with E-state index in [1.165, 1.54) is 0 Å². The summed E-state index contributed by atoms with van der Waals surface area (Å²) in [5.41, 5.74) is -2.03. The Balaban J connectivity index is 1.64. The van der Waals surface area contributed by atoms with Crippen molar-refractivity contribution >= 4 is 0 Å². The molecule has 9 atom stereocenters. The fraction of sp³-hybridized carbons (Fsp3) is 0.760. The summed E-state index contributed by atoms with van der Waals surface area (Å²) in [5.74, 6) is 0.594. The van der Waals surface area contributed by atoms with Crippen molar-refractivity contribution in [3.05, 3.63) is 29.2 Å². The Hall–Kier alpha value is -1.74. The van der Waals surface area contributed by atoms with Crippen LogP contribution in [0.1, 0.15) is 59.8 Å². The van der Waals surface area contributed by atoms with Crippen molar-refractivity contribution in [2.24, 2.45) is 34.5 Å². The molecule has 0 aliphatic heterocycles. The van der Waals surface area contributed by atoms with Crippen LogP contribution in [-0.2, 0) is 0 Å². The van der Waals surface area contributed by atoms with Gasteiger partial charge in [-0.2, -0.15) is 4.98 Å². The Morgan fingerprint density at radius 3 is 2.58 bits per heavy atom. The number of aliphatic hydroxyl groups is 4. The summed E-state index contributed by atoms with van der Waals surface area (Å²) in [7, 11) is 0. The lowest BCUT2D eigenvalue weighted by Gasteiger charge is -2.52. The highest BCUT2D eigenvalue weighted by molar-refractivity contribution is 5.43. The molecule has 4 N–H and O–H groups in total. The van der Waals surface area contributed by atoms with Crippen LogP contribution in [-0.4, -0.2) is 61.1 Å². The molecule has 4 aliphatic rings. The zero-order chi connectivity index (χ0) is 24.1. The Kier molecular flexibility index (Phi) is 4.98. The molecule has 0 saturated heterocycles. The number of ether oxygens (including phenoxy) is 1. The lowest BCUT2D eigenvalue weighted by Crippen LogP contribution is -2.67. The summed E-state index contributed by atoms with van der Waals surface area (Å²) >= 11 is 0. The van der Waals surface area contributed by atoms with Crippen LogP contribution in [0.3, 0.4) is 0 Å². The predicted molar refractivity (Wildman–Crippen MR) is 119 cm³/mol. The van der Waals surface area contributed by atoms with E-state index in [2.05, 4.69) is 24.0 Å². The largest absolute Gasteiger partial charge is 0.450 e. The van der Waals surface area contributed by atoms with Gasteiger partial charge in [-0.3, -0.25) is 0 Å². The first-order chi connectivity index (χ1) is 15.4. The number of fused-ring (bicyclic) bond motifs is 3. The summed E-state index contributed by atoms with van der Waals surface area (Å²) < 4.78 is 11.4. The number of nitrogens with zero attached hydrogens (tertiary/aromatic N) is 2. The number of rotatable bonds is 4. The van der Waals surface area contributed by atoms with Gasteiger partial charge < -0.3 is 29.7 Å². The molecule has 2 saturated carbocycles. The van der Waals surface area contributed by atoms with Gasteiger partial charge in [0.15, 0.2) is 6.10 Å². The van der Waals surface area contributed by atoms with Crippen molar-refractivity contribution < 1.29 is 29.7 Å². The van der Waals surface area contributed by atoms with E-state index >= 15 is 0 Å². The highest BCUT2D eigenvalue weighted by atomic mass is 16.6. The summed E-state index contributed by atoms with van der Waals surface area (Å²) in [4.78, 5) is 4.29. The highest BCUT2D eigenvalue weighted by Gasteiger charge is 2.76. The van der Waals surface area contributed by atoms with Crippen LogP contribution < -0.4 is 4.74 Å². The lowest BCUT2D eigenvalue weighted by molar-refractivity contribution is -0.211. The molecule has 1 aromatic heterocycles. The van der Waals surface area contributed by atoms with Crippen molar-refractivity contribution in [2.75, 3.05) is 6.61 Å². The maximum atomic E-state index is 12.4. The van der Waals surface area contributed by atoms with Crippen LogP contribution >= 0.6 is 0 Å². The minimum absolute atomic E-state index is 0.0106. The molecule has 0 radical (unpaired) electrons. The van der Waals surface area contributed by atoms with E-state index in [-0.39, 0.29) is 35.1 Å². The maximum Gasteiger partial charge on any atom is 0.354 e. The van der Waals surface area contributed by atoms with Gasteiger partial charge in [0.2, 0.25) is 5.89 Å². The molecule has 2 bridgehead atoms. The first kappa shape index (κ1) is 23.0. The van der Waals surface area contributed by atoms with E-state index in [1.54, 1.807) is 0 Å². The topological polar surface area (TPSA) is 129 Å². The number of aliphatic hydroxyl groups excluding tert-OH is 3. The molecule has 8 nitrogen and oxygen atoms in total. The second-order valence-corrected chi connectivity index (χ2v) is 11.6. The Bertz CT molecular complexity index is 1010. The van der Waals surface area contributed by atoms with Crippen LogP contribution in [0.2, 0.25) is 0 Å². The third-order valence-electron chi connectivity index (χ3n) is 9.30. The van der Waals surface area contributed by atoms with Crippen LogP contribution in [0, 0.1) is 34.5 Å². The van der Waals surface area contributed by atoms with E-state index < -0.39 is 35.9 Å². The Labute approximate surface area is 194 Å². The van der Waals surface area contributed by atoms with E-state index in [1.807, 2.05) is 39.8 Å². The van der Waals surface area contributed by atoms with Gasteiger partial charge in [-0.05, 0) is 52.8 Å². The molecule has 8 heteroatoms. The number of hydrogen-bond acceptors (Lipinski definition) is 8. The first-order valence-corrected chi connectivity index (χ1v) is 12.0.